The molecule has 0 aliphatic carbocycles. The Morgan fingerprint density at radius 3 is 2.06 bits per heavy atom. The molecule has 0 unspecified atom stereocenters. The number of pyridine rings is 1. The monoisotopic (exact) mass is 883 g/mol. The van der Waals surface area contributed by atoms with Gasteiger partial charge < -0.3 is 5.11 Å². The Labute approximate surface area is 325 Å². The summed E-state index contributed by atoms with van der Waals surface area (Å²) < 4.78 is 1.29. The van der Waals surface area contributed by atoms with Crippen molar-refractivity contribution in [1.82, 2.24) is 4.98 Å². The molecule has 5 heteroatoms. The third kappa shape index (κ3) is 9.21. The first-order valence-corrected chi connectivity index (χ1v) is 19.5. The van der Waals surface area contributed by atoms with E-state index < -0.39 is 0 Å². The van der Waals surface area contributed by atoms with E-state index in [1.807, 2.05) is 52.9 Å². The van der Waals surface area contributed by atoms with E-state index in [-0.39, 0.29) is 47.9 Å². The summed E-state index contributed by atoms with van der Waals surface area (Å²) in [6.45, 7) is 27.9. The molecule has 51 heavy (non-hydrogen) atoms. The second-order valence-corrected chi connectivity index (χ2v) is 17.4. The fourth-order valence-corrected chi connectivity index (χ4v) is 8.08. The number of rotatable bonds is 10. The molecule has 0 amide bonds. The summed E-state index contributed by atoms with van der Waals surface area (Å²) in [6, 6.07) is 21.6. The van der Waals surface area contributed by atoms with Gasteiger partial charge in [0.1, 0.15) is 5.76 Å². The Balaban J connectivity index is 0.000000335. The first-order valence-electron chi connectivity index (χ1n) is 18.7. The number of hydrogen-bond acceptors (Lipinski definition) is 4. The molecule has 277 valence electrons. The molecule has 0 spiro atoms. The standard InChI is InChI=1S/C31H32NS.C15H28O2.Ir/c1-18(2)12-23-17-25-28-20(4)13-19(3)14-27(28)32-29(30(25)33-23)22-15-21-10-8-9-11-24(21)26(16-22)31(5,6)7;1-7-14(5,8-2)12(16)11-13(17)15(6,9-3)10-4;/h8-11,13-14,16-18H,12H2,1-7H3;11,16H,7-10H2,1-6H3;/q-1;;/b;12-11-;. The SMILES string of the molecule is CCC(C)(CC)C(=O)/C=C(\O)C(C)(CC)CC.Cc1cc(C)c2c(c1)nc(-c1[c-]c3ccccc3c(C(C)(C)C)c1)c1sc(CC(C)C)cc12.[Ir]. The molecule has 5 aromatic rings. The van der Waals surface area contributed by atoms with Crippen molar-refractivity contribution in [2.45, 2.75) is 128 Å². The number of allylic oxidation sites excluding steroid dienone is 2. The van der Waals surface area contributed by atoms with Crippen molar-refractivity contribution in [1.29, 1.82) is 0 Å². The van der Waals surface area contributed by atoms with Crippen LogP contribution < -0.4 is 0 Å². The van der Waals surface area contributed by atoms with Crippen LogP contribution in [0.1, 0.15) is 123 Å². The Morgan fingerprint density at radius 2 is 1.49 bits per heavy atom. The number of aromatic nitrogens is 1. The van der Waals surface area contributed by atoms with Gasteiger partial charge in [-0.1, -0.05) is 111 Å². The number of fused-ring (bicyclic) bond motifs is 4. The number of benzene rings is 3. The van der Waals surface area contributed by atoms with Gasteiger partial charge in [-0.2, -0.15) is 0 Å². The molecule has 0 saturated heterocycles. The maximum absolute atomic E-state index is 12.2. The number of nitrogens with zero attached hydrogens (tertiary/aromatic N) is 1. The topological polar surface area (TPSA) is 50.2 Å². The number of thiophene rings is 1. The molecule has 0 bridgehead atoms. The van der Waals surface area contributed by atoms with Crippen LogP contribution in [0, 0.1) is 36.7 Å². The Hall–Kier alpha value is -2.85. The number of ketones is 1. The van der Waals surface area contributed by atoms with Crippen LogP contribution in [0.5, 0.6) is 0 Å². The molecule has 0 aliphatic rings. The van der Waals surface area contributed by atoms with Crippen molar-refractivity contribution in [3.63, 3.8) is 0 Å². The van der Waals surface area contributed by atoms with Gasteiger partial charge in [0.15, 0.2) is 5.78 Å². The van der Waals surface area contributed by atoms with Crippen LogP contribution in [-0.2, 0) is 36.7 Å². The van der Waals surface area contributed by atoms with Crippen molar-refractivity contribution in [2.24, 2.45) is 16.7 Å². The molecule has 0 saturated carbocycles. The third-order valence-electron chi connectivity index (χ3n) is 11.0. The molecule has 3 nitrogen and oxygen atoms in total. The Bertz CT molecular complexity index is 2020. The molecule has 1 radical (unpaired) electrons. The van der Waals surface area contributed by atoms with Crippen molar-refractivity contribution in [2.75, 3.05) is 0 Å². The van der Waals surface area contributed by atoms with Gasteiger partial charge in [0.25, 0.3) is 0 Å². The van der Waals surface area contributed by atoms with E-state index >= 15 is 0 Å². The fraction of sp³-hybridized carbons (Fsp3) is 0.478. The third-order valence-corrected chi connectivity index (χ3v) is 12.2. The van der Waals surface area contributed by atoms with Crippen LogP contribution in [0.2, 0.25) is 0 Å². The van der Waals surface area contributed by atoms with Gasteiger partial charge >= 0.3 is 0 Å². The van der Waals surface area contributed by atoms with Crippen LogP contribution >= 0.6 is 11.3 Å². The van der Waals surface area contributed by atoms with E-state index in [1.54, 1.807) is 0 Å². The van der Waals surface area contributed by atoms with Crippen molar-refractivity contribution >= 4 is 48.9 Å². The van der Waals surface area contributed by atoms with E-state index in [2.05, 4.69) is 103 Å². The first kappa shape index (κ1) is 42.6. The van der Waals surface area contributed by atoms with Gasteiger partial charge in [0.2, 0.25) is 0 Å². The Kier molecular flexibility index (Phi) is 14.1. The van der Waals surface area contributed by atoms with Gasteiger partial charge in [0, 0.05) is 57.7 Å². The van der Waals surface area contributed by atoms with Crippen molar-refractivity contribution in [3.05, 3.63) is 88.0 Å². The molecule has 5 rings (SSSR count). The number of carbonyl (C=O) groups excluding carboxylic acids is 1. The Morgan fingerprint density at radius 1 is 0.882 bits per heavy atom. The molecule has 3 aromatic carbocycles. The molecule has 1 N–H and O–H groups in total. The summed E-state index contributed by atoms with van der Waals surface area (Å²) in [5.74, 6) is 0.914. The zero-order chi connectivity index (χ0) is 37.2. The number of hydrogen-bond donors (Lipinski definition) is 1. The largest absolute Gasteiger partial charge is 0.512 e. The minimum atomic E-state index is -0.337. The van der Waals surface area contributed by atoms with Gasteiger partial charge in [-0.3, -0.25) is 9.78 Å². The maximum atomic E-state index is 12.2. The molecular formula is C46H60IrNO2S-. The molecule has 2 aromatic heterocycles. The minimum absolute atomic E-state index is 0. The number of aryl methyl sites for hydroxylation is 2. The predicted molar refractivity (Wildman–Crippen MR) is 219 cm³/mol. The quantitative estimate of drug-likeness (QED) is 0.0864. The van der Waals surface area contributed by atoms with Crippen molar-refractivity contribution in [3.8, 4) is 11.3 Å². The van der Waals surface area contributed by atoms with Crippen LogP contribution in [0.3, 0.4) is 0 Å². The first-order chi connectivity index (χ1) is 23.4. The summed E-state index contributed by atoms with van der Waals surface area (Å²) in [7, 11) is 0. The number of carbonyl (C=O) groups is 1. The smallest absolute Gasteiger partial charge is 0.164 e. The van der Waals surface area contributed by atoms with Crippen LogP contribution in [-0.4, -0.2) is 15.9 Å². The van der Waals surface area contributed by atoms with Gasteiger partial charge in [-0.05, 0) is 85.9 Å². The average Bonchev–Trinajstić information content (AvgIpc) is 3.48. The summed E-state index contributed by atoms with van der Waals surface area (Å²) in [5.41, 5.74) is 6.60. The number of aliphatic hydroxyl groups excluding tert-OH is 1. The van der Waals surface area contributed by atoms with E-state index in [0.717, 1.165) is 54.3 Å². The summed E-state index contributed by atoms with van der Waals surface area (Å²) in [6.07, 6.45) is 5.85. The molecular weight excluding hydrogens is 823 g/mol. The van der Waals surface area contributed by atoms with Gasteiger partial charge in [-0.15, -0.1) is 40.5 Å². The summed E-state index contributed by atoms with van der Waals surface area (Å²) in [5, 5.41) is 15.2. The molecule has 0 aliphatic heterocycles. The summed E-state index contributed by atoms with van der Waals surface area (Å²) >= 11 is 1.91. The zero-order valence-corrected chi connectivity index (χ0v) is 36.6. The predicted octanol–water partition coefficient (Wildman–Crippen LogP) is 13.8. The maximum Gasteiger partial charge on any atom is 0.164 e. The van der Waals surface area contributed by atoms with Crippen LogP contribution in [0.4, 0.5) is 0 Å². The minimum Gasteiger partial charge on any atom is -0.512 e. The van der Waals surface area contributed by atoms with E-state index in [1.165, 1.54) is 48.5 Å². The van der Waals surface area contributed by atoms with Crippen LogP contribution in [0.15, 0.2) is 60.4 Å². The fourth-order valence-electron chi connectivity index (χ4n) is 6.71. The van der Waals surface area contributed by atoms with E-state index in [4.69, 9.17) is 4.98 Å². The van der Waals surface area contributed by atoms with E-state index in [9.17, 15) is 9.90 Å². The second-order valence-electron chi connectivity index (χ2n) is 16.3. The number of aliphatic hydroxyl groups is 1. The van der Waals surface area contributed by atoms with Crippen molar-refractivity contribution < 1.29 is 30.0 Å². The normalized spacial score (nSPS) is 12.7. The summed E-state index contributed by atoms with van der Waals surface area (Å²) in [4.78, 5) is 18.9. The zero-order valence-electron chi connectivity index (χ0n) is 33.4. The second kappa shape index (κ2) is 16.9. The molecule has 0 fully saturated rings. The van der Waals surface area contributed by atoms with Crippen LogP contribution in [0.25, 0.3) is 43.0 Å². The molecule has 2 heterocycles. The van der Waals surface area contributed by atoms with Gasteiger partial charge in [-0.25, -0.2) is 0 Å². The van der Waals surface area contributed by atoms with E-state index in [0.29, 0.717) is 5.92 Å². The van der Waals surface area contributed by atoms with Gasteiger partial charge in [0.05, 0.1) is 5.52 Å². The molecule has 0 atom stereocenters. The average molecular weight is 883 g/mol.